The molecular formula is C38H34N4O6. The first-order valence-corrected chi connectivity index (χ1v) is 16.0. The third kappa shape index (κ3) is 6.24. The molecule has 0 unspecified atom stereocenters. The number of imide groups is 2. The highest BCUT2D eigenvalue weighted by atomic mass is 16.2. The van der Waals surface area contributed by atoms with Crippen LogP contribution in [0.2, 0.25) is 0 Å². The highest BCUT2D eigenvalue weighted by molar-refractivity contribution is 6.23. The number of fused-ring (bicyclic) bond motifs is 2. The van der Waals surface area contributed by atoms with Gasteiger partial charge in [0, 0.05) is 13.1 Å². The van der Waals surface area contributed by atoms with Gasteiger partial charge in [0.2, 0.25) is 11.8 Å². The van der Waals surface area contributed by atoms with Gasteiger partial charge in [0.25, 0.3) is 23.6 Å². The fraction of sp³-hybridized carbons (Fsp3) is 0.211. The molecule has 2 heterocycles. The van der Waals surface area contributed by atoms with Gasteiger partial charge < -0.3 is 10.6 Å². The van der Waals surface area contributed by atoms with Crippen LogP contribution >= 0.6 is 0 Å². The molecule has 242 valence electrons. The fourth-order valence-electron chi connectivity index (χ4n) is 6.21. The third-order valence-electron chi connectivity index (χ3n) is 8.60. The van der Waals surface area contributed by atoms with Crippen LogP contribution in [-0.2, 0) is 9.59 Å². The molecule has 0 saturated heterocycles. The molecule has 0 aliphatic carbocycles. The number of hydrogen-bond donors (Lipinski definition) is 2. The second kappa shape index (κ2) is 14.3. The maximum absolute atomic E-state index is 13.4. The molecule has 2 aliphatic rings. The Kier molecular flexibility index (Phi) is 9.52. The summed E-state index contributed by atoms with van der Waals surface area (Å²) in [5.74, 6) is -2.89. The van der Waals surface area contributed by atoms with E-state index in [1.54, 1.807) is 109 Å². The van der Waals surface area contributed by atoms with E-state index < -0.39 is 47.5 Å². The minimum atomic E-state index is -1.10. The Hall–Kier alpha value is -5.90. The first-order valence-electron chi connectivity index (χ1n) is 16.0. The van der Waals surface area contributed by atoms with Crippen molar-refractivity contribution in [2.24, 2.45) is 0 Å². The monoisotopic (exact) mass is 642 g/mol. The lowest BCUT2D eigenvalue weighted by Crippen LogP contribution is -2.43. The van der Waals surface area contributed by atoms with Crippen molar-refractivity contribution < 1.29 is 28.8 Å². The fourth-order valence-corrected chi connectivity index (χ4v) is 6.21. The van der Waals surface area contributed by atoms with Crippen LogP contribution in [0.15, 0.2) is 109 Å². The molecule has 6 rings (SSSR count). The molecule has 0 radical (unpaired) electrons. The van der Waals surface area contributed by atoms with Gasteiger partial charge in [0.1, 0.15) is 12.1 Å². The largest absolute Gasteiger partial charge is 0.354 e. The summed E-state index contributed by atoms with van der Waals surface area (Å²) in [5, 5.41) is 5.78. The summed E-state index contributed by atoms with van der Waals surface area (Å²) < 4.78 is 0. The Bertz CT molecular complexity index is 1670. The topological polar surface area (TPSA) is 133 Å². The lowest BCUT2D eigenvalue weighted by molar-refractivity contribution is -0.125. The molecule has 0 fully saturated rings. The Balaban J connectivity index is 0.999. The Morgan fingerprint density at radius 1 is 0.438 bits per heavy atom. The van der Waals surface area contributed by atoms with Crippen molar-refractivity contribution in [1.82, 2.24) is 20.4 Å². The number of nitrogens with one attached hydrogen (secondary N) is 2. The van der Waals surface area contributed by atoms with E-state index in [1.807, 2.05) is 0 Å². The predicted octanol–water partition coefficient (Wildman–Crippen LogP) is 4.85. The number of carbonyl (C=O) groups is 6. The zero-order chi connectivity index (χ0) is 33.6. The lowest BCUT2D eigenvalue weighted by atomic mass is 10.0. The van der Waals surface area contributed by atoms with Gasteiger partial charge in [-0.3, -0.25) is 38.6 Å². The van der Waals surface area contributed by atoms with E-state index in [2.05, 4.69) is 10.6 Å². The van der Waals surface area contributed by atoms with Crippen molar-refractivity contribution in [3.8, 4) is 0 Å². The number of hydrogen-bond acceptors (Lipinski definition) is 6. The van der Waals surface area contributed by atoms with Gasteiger partial charge in [-0.1, -0.05) is 97.8 Å². The Labute approximate surface area is 277 Å². The maximum Gasteiger partial charge on any atom is 0.262 e. The smallest absolute Gasteiger partial charge is 0.262 e. The van der Waals surface area contributed by atoms with E-state index in [4.69, 9.17) is 0 Å². The Morgan fingerprint density at radius 3 is 1.04 bits per heavy atom. The first kappa shape index (κ1) is 32.1. The van der Waals surface area contributed by atoms with Gasteiger partial charge in [0.15, 0.2) is 0 Å². The molecule has 4 aromatic rings. The van der Waals surface area contributed by atoms with E-state index in [0.29, 0.717) is 37.1 Å². The molecule has 2 aliphatic heterocycles. The van der Waals surface area contributed by atoms with Gasteiger partial charge in [-0.2, -0.15) is 0 Å². The van der Waals surface area contributed by atoms with Crippen molar-refractivity contribution in [3.63, 3.8) is 0 Å². The van der Waals surface area contributed by atoms with Crippen LogP contribution in [-0.4, -0.2) is 58.3 Å². The van der Waals surface area contributed by atoms with Crippen molar-refractivity contribution in [1.29, 1.82) is 0 Å². The van der Waals surface area contributed by atoms with E-state index >= 15 is 0 Å². The number of benzene rings is 4. The van der Waals surface area contributed by atoms with E-state index in [0.717, 1.165) is 22.6 Å². The van der Waals surface area contributed by atoms with Gasteiger partial charge >= 0.3 is 0 Å². The normalized spacial score (nSPS) is 14.8. The first-order chi connectivity index (χ1) is 23.4. The summed E-state index contributed by atoms with van der Waals surface area (Å²) in [6, 6.07) is 28.4. The maximum atomic E-state index is 13.4. The summed E-state index contributed by atoms with van der Waals surface area (Å²) in [7, 11) is 0. The quantitative estimate of drug-likeness (QED) is 0.158. The highest BCUT2D eigenvalue weighted by Gasteiger charge is 2.44. The molecular weight excluding hydrogens is 608 g/mol. The van der Waals surface area contributed by atoms with Crippen LogP contribution in [0.4, 0.5) is 0 Å². The molecule has 0 saturated carbocycles. The standard InChI is InChI=1S/C38H34N4O6/c43-33(31(25-15-5-3-6-16-25)41-35(45)27-19-9-10-20-28(27)36(41)46)39-23-13-1-2-14-24-40-34(44)32(26-17-7-4-8-18-26)42-37(47)29-21-11-12-22-30(29)38(42)48/h3-12,15-22,31-32H,1-2,13-14,23-24H2,(H,39,43)(H,40,44)/t31-,32-/m1/s1. The van der Waals surface area contributed by atoms with Crippen molar-refractivity contribution in [2.75, 3.05) is 13.1 Å². The summed E-state index contributed by atoms with van der Waals surface area (Å²) >= 11 is 0. The zero-order valence-corrected chi connectivity index (χ0v) is 26.1. The van der Waals surface area contributed by atoms with E-state index in [-0.39, 0.29) is 22.3 Å². The minimum Gasteiger partial charge on any atom is -0.354 e. The number of amides is 6. The molecule has 10 nitrogen and oxygen atoms in total. The zero-order valence-electron chi connectivity index (χ0n) is 26.1. The van der Waals surface area contributed by atoms with Gasteiger partial charge in [-0.05, 0) is 48.2 Å². The van der Waals surface area contributed by atoms with Crippen LogP contribution in [0.1, 0.15) is 90.3 Å². The van der Waals surface area contributed by atoms with Gasteiger partial charge in [-0.15, -0.1) is 0 Å². The van der Waals surface area contributed by atoms with Crippen LogP contribution in [0, 0.1) is 0 Å². The van der Waals surface area contributed by atoms with Crippen molar-refractivity contribution >= 4 is 35.4 Å². The average molecular weight is 643 g/mol. The molecule has 4 aromatic carbocycles. The molecule has 0 aromatic heterocycles. The molecule has 0 bridgehead atoms. The highest BCUT2D eigenvalue weighted by Crippen LogP contribution is 2.33. The number of nitrogens with zero attached hydrogens (tertiary/aromatic N) is 2. The Morgan fingerprint density at radius 2 is 0.729 bits per heavy atom. The number of carbonyl (C=O) groups excluding carboxylic acids is 6. The van der Waals surface area contributed by atoms with Crippen LogP contribution in [0.5, 0.6) is 0 Å². The van der Waals surface area contributed by atoms with Crippen LogP contribution in [0.3, 0.4) is 0 Å². The van der Waals surface area contributed by atoms with Crippen LogP contribution < -0.4 is 10.6 Å². The molecule has 48 heavy (non-hydrogen) atoms. The van der Waals surface area contributed by atoms with E-state index in [9.17, 15) is 28.8 Å². The molecule has 10 heteroatoms. The van der Waals surface area contributed by atoms with Crippen LogP contribution in [0.25, 0.3) is 0 Å². The summed E-state index contributed by atoms with van der Waals surface area (Å²) in [4.78, 5) is 81.7. The molecule has 6 amide bonds. The van der Waals surface area contributed by atoms with Crippen molar-refractivity contribution in [2.45, 2.75) is 37.8 Å². The van der Waals surface area contributed by atoms with E-state index in [1.165, 1.54) is 0 Å². The average Bonchev–Trinajstić information content (AvgIpc) is 3.51. The number of rotatable bonds is 13. The molecule has 2 N–H and O–H groups in total. The minimum absolute atomic E-state index is 0.280. The lowest BCUT2D eigenvalue weighted by Gasteiger charge is -2.26. The van der Waals surface area contributed by atoms with Gasteiger partial charge in [-0.25, -0.2) is 0 Å². The summed E-state index contributed by atoms with van der Waals surface area (Å²) in [6.07, 6.45) is 2.79. The van der Waals surface area contributed by atoms with Gasteiger partial charge in [0.05, 0.1) is 22.3 Å². The summed E-state index contributed by atoms with van der Waals surface area (Å²) in [6.45, 7) is 0.682. The number of unbranched alkanes of at least 4 members (excludes halogenated alkanes) is 3. The second-order valence-corrected chi connectivity index (χ2v) is 11.7. The molecule has 0 spiro atoms. The molecule has 2 atom stereocenters. The summed E-state index contributed by atoms with van der Waals surface area (Å²) in [5.41, 5.74) is 2.19. The van der Waals surface area contributed by atoms with Crippen molar-refractivity contribution in [3.05, 3.63) is 143 Å². The second-order valence-electron chi connectivity index (χ2n) is 11.7. The predicted molar refractivity (Wildman–Crippen MR) is 177 cm³/mol. The third-order valence-corrected chi connectivity index (χ3v) is 8.60. The SMILES string of the molecule is O=C(NCCCCCCNC(=O)[C@@H](c1ccccc1)N1C(=O)c2ccccc2C1=O)[C@@H](c1ccccc1)N1C(=O)c2ccccc2C1=O.